The molecule has 0 saturated carbocycles. The van der Waals surface area contributed by atoms with Gasteiger partial charge in [-0.2, -0.15) is 5.10 Å². The molecule has 0 spiro atoms. The second-order valence-corrected chi connectivity index (χ2v) is 7.47. The number of carbonyl (C=O) groups is 1. The van der Waals surface area contributed by atoms with Gasteiger partial charge in [-0.05, 0) is 23.8 Å². The highest BCUT2D eigenvalue weighted by atomic mass is 32.2. The van der Waals surface area contributed by atoms with Crippen LogP contribution in [0.1, 0.15) is 16.1 Å². The Kier molecular flexibility index (Phi) is 4.83. The third-order valence-electron chi connectivity index (χ3n) is 3.61. The van der Waals surface area contributed by atoms with E-state index in [1.165, 1.54) is 10.7 Å². The molecule has 0 unspecified atom stereocenters. The summed E-state index contributed by atoms with van der Waals surface area (Å²) < 4.78 is 26.3. The first-order chi connectivity index (χ1) is 12.3. The number of carboxylic acids is 1. The summed E-state index contributed by atoms with van der Waals surface area (Å²) >= 11 is 0. The van der Waals surface area contributed by atoms with E-state index < -0.39 is 16.0 Å². The fourth-order valence-corrected chi connectivity index (χ4v) is 2.80. The van der Waals surface area contributed by atoms with Gasteiger partial charge in [0.25, 0.3) is 0 Å². The number of aromatic nitrogens is 3. The highest BCUT2D eigenvalue weighted by molar-refractivity contribution is 7.88. The van der Waals surface area contributed by atoms with Crippen LogP contribution >= 0.6 is 0 Å². The SMILES string of the molecule is CS(=O)(=O)NCc1ccc(-c2cc(C(=O)O)nn2-c2cccnc2)cc1. The van der Waals surface area contributed by atoms with Crippen molar-refractivity contribution in [2.75, 3.05) is 6.26 Å². The maximum absolute atomic E-state index is 11.3. The third kappa shape index (κ3) is 4.13. The van der Waals surface area contributed by atoms with E-state index in [2.05, 4.69) is 14.8 Å². The predicted molar refractivity (Wildman–Crippen MR) is 95.4 cm³/mol. The van der Waals surface area contributed by atoms with Gasteiger partial charge in [0.1, 0.15) is 0 Å². The lowest BCUT2D eigenvalue weighted by Crippen LogP contribution is -2.21. The zero-order valence-electron chi connectivity index (χ0n) is 13.8. The van der Waals surface area contributed by atoms with Crippen LogP contribution in [0.25, 0.3) is 16.9 Å². The van der Waals surface area contributed by atoms with E-state index >= 15 is 0 Å². The number of carboxylic acid groups (broad SMARTS) is 1. The van der Waals surface area contributed by atoms with Gasteiger partial charge in [0, 0.05) is 18.3 Å². The van der Waals surface area contributed by atoms with Crippen LogP contribution < -0.4 is 4.72 Å². The molecule has 0 aliphatic rings. The van der Waals surface area contributed by atoms with Gasteiger partial charge in [0.2, 0.25) is 10.0 Å². The van der Waals surface area contributed by atoms with Crippen molar-refractivity contribution in [2.24, 2.45) is 0 Å². The Hall–Kier alpha value is -3.04. The summed E-state index contributed by atoms with van der Waals surface area (Å²) in [6.45, 7) is 0.182. The Balaban J connectivity index is 1.97. The van der Waals surface area contributed by atoms with Gasteiger partial charge in [-0.3, -0.25) is 4.98 Å². The van der Waals surface area contributed by atoms with E-state index in [1.807, 2.05) is 0 Å². The van der Waals surface area contributed by atoms with Crippen molar-refractivity contribution in [1.82, 2.24) is 19.5 Å². The van der Waals surface area contributed by atoms with E-state index in [9.17, 15) is 18.3 Å². The summed E-state index contributed by atoms with van der Waals surface area (Å²) in [5.41, 5.74) is 2.68. The van der Waals surface area contributed by atoms with Crippen molar-refractivity contribution >= 4 is 16.0 Å². The van der Waals surface area contributed by atoms with Crippen LogP contribution in [0, 0.1) is 0 Å². The lowest BCUT2D eigenvalue weighted by molar-refractivity contribution is 0.0690. The van der Waals surface area contributed by atoms with Crippen LogP contribution in [-0.2, 0) is 16.6 Å². The molecule has 0 fully saturated rings. The van der Waals surface area contributed by atoms with Crippen LogP contribution in [0.5, 0.6) is 0 Å². The molecular weight excluding hydrogens is 356 g/mol. The summed E-state index contributed by atoms with van der Waals surface area (Å²) in [6, 6.07) is 12.1. The van der Waals surface area contributed by atoms with Crippen LogP contribution in [0.3, 0.4) is 0 Å². The van der Waals surface area contributed by atoms with Crippen LogP contribution in [0.4, 0.5) is 0 Å². The van der Waals surface area contributed by atoms with E-state index in [0.29, 0.717) is 11.4 Å². The molecule has 26 heavy (non-hydrogen) atoms. The minimum absolute atomic E-state index is 0.0772. The lowest BCUT2D eigenvalue weighted by atomic mass is 10.1. The minimum atomic E-state index is -3.27. The average molecular weight is 372 g/mol. The van der Waals surface area contributed by atoms with Gasteiger partial charge in [0.15, 0.2) is 5.69 Å². The van der Waals surface area contributed by atoms with Crippen molar-refractivity contribution in [3.05, 3.63) is 66.1 Å². The molecule has 2 N–H and O–H groups in total. The standard InChI is InChI=1S/C17H16N4O4S/c1-26(24,25)19-10-12-4-6-13(7-5-12)16-9-15(17(22)23)20-21(16)14-3-2-8-18-11-14/h2-9,11,19H,10H2,1H3,(H,22,23). The number of aromatic carboxylic acids is 1. The monoisotopic (exact) mass is 372 g/mol. The highest BCUT2D eigenvalue weighted by Crippen LogP contribution is 2.24. The lowest BCUT2D eigenvalue weighted by Gasteiger charge is -2.08. The van der Waals surface area contributed by atoms with E-state index in [-0.39, 0.29) is 12.2 Å². The number of nitrogens with zero attached hydrogens (tertiary/aromatic N) is 3. The van der Waals surface area contributed by atoms with Crippen molar-refractivity contribution < 1.29 is 18.3 Å². The van der Waals surface area contributed by atoms with E-state index in [0.717, 1.165) is 17.4 Å². The maximum atomic E-state index is 11.3. The van der Waals surface area contributed by atoms with E-state index in [4.69, 9.17) is 0 Å². The molecule has 0 radical (unpaired) electrons. The number of pyridine rings is 1. The fraction of sp³-hybridized carbons (Fsp3) is 0.118. The third-order valence-corrected chi connectivity index (χ3v) is 4.28. The molecule has 134 valence electrons. The molecule has 9 heteroatoms. The van der Waals surface area contributed by atoms with Crippen molar-refractivity contribution in [3.63, 3.8) is 0 Å². The molecule has 0 bridgehead atoms. The van der Waals surface area contributed by atoms with Gasteiger partial charge < -0.3 is 5.11 Å². The molecule has 0 atom stereocenters. The first-order valence-corrected chi connectivity index (χ1v) is 9.50. The number of sulfonamides is 1. The highest BCUT2D eigenvalue weighted by Gasteiger charge is 2.16. The normalized spacial score (nSPS) is 11.4. The Bertz CT molecular complexity index is 1030. The summed E-state index contributed by atoms with van der Waals surface area (Å²) in [4.78, 5) is 15.3. The molecule has 0 saturated heterocycles. The molecule has 3 rings (SSSR count). The molecule has 8 nitrogen and oxygen atoms in total. The molecule has 1 aromatic carbocycles. The largest absolute Gasteiger partial charge is 0.476 e. The van der Waals surface area contributed by atoms with Gasteiger partial charge >= 0.3 is 5.97 Å². The van der Waals surface area contributed by atoms with Crippen molar-refractivity contribution in [1.29, 1.82) is 0 Å². The van der Waals surface area contributed by atoms with Crippen LogP contribution in [0.2, 0.25) is 0 Å². The Morgan fingerprint density at radius 3 is 2.54 bits per heavy atom. The summed E-state index contributed by atoms with van der Waals surface area (Å²) in [5, 5.41) is 13.4. The fourth-order valence-electron chi connectivity index (χ4n) is 2.37. The summed E-state index contributed by atoms with van der Waals surface area (Å²) in [6.07, 6.45) is 4.31. The number of nitrogens with one attached hydrogen (secondary N) is 1. The Labute approximate surface area is 150 Å². The zero-order valence-corrected chi connectivity index (χ0v) is 14.6. The molecule has 0 aliphatic heterocycles. The number of rotatable bonds is 6. The quantitative estimate of drug-likeness (QED) is 0.680. The predicted octanol–water partition coefficient (Wildman–Crippen LogP) is 1.68. The molecular formula is C17H16N4O4S. The maximum Gasteiger partial charge on any atom is 0.356 e. The Morgan fingerprint density at radius 1 is 1.23 bits per heavy atom. The molecule has 0 amide bonds. The minimum Gasteiger partial charge on any atom is -0.476 e. The molecule has 3 aromatic rings. The number of hydrogen-bond donors (Lipinski definition) is 2. The number of hydrogen-bond acceptors (Lipinski definition) is 5. The smallest absolute Gasteiger partial charge is 0.356 e. The van der Waals surface area contributed by atoms with Gasteiger partial charge in [0.05, 0.1) is 23.8 Å². The van der Waals surface area contributed by atoms with Gasteiger partial charge in [-0.1, -0.05) is 24.3 Å². The number of benzene rings is 1. The molecule has 2 aromatic heterocycles. The topological polar surface area (TPSA) is 114 Å². The first-order valence-electron chi connectivity index (χ1n) is 7.61. The Morgan fingerprint density at radius 2 is 1.96 bits per heavy atom. The van der Waals surface area contributed by atoms with Crippen LogP contribution in [-0.4, -0.2) is 40.5 Å². The van der Waals surface area contributed by atoms with Gasteiger partial charge in [-0.15, -0.1) is 0 Å². The first kappa shape index (κ1) is 17.8. The molecule has 2 heterocycles. The summed E-state index contributed by atoms with van der Waals surface area (Å²) in [7, 11) is -3.27. The second kappa shape index (κ2) is 7.06. The van der Waals surface area contributed by atoms with Gasteiger partial charge in [-0.25, -0.2) is 22.6 Å². The van der Waals surface area contributed by atoms with Crippen molar-refractivity contribution in [2.45, 2.75) is 6.54 Å². The summed E-state index contributed by atoms with van der Waals surface area (Å²) in [5.74, 6) is -1.12. The average Bonchev–Trinajstić information content (AvgIpc) is 3.06. The zero-order chi connectivity index (χ0) is 18.7. The molecule has 0 aliphatic carbocycles. The van der Waals surface area contributed by atoms with Crippen LogP contribution in [0.15, 0.2) is 54.9 Å². The van der Waals surface area contributed by atoms with Crippen molar-refractivity contribution in [3.8, 4) is 16.9 Å². The second-order valence-electron chi connectivity index (χ2n) is 5.63. The van der Waals surface area contributed by atoms with E-state index in [1.54, 1.807) is 48.8 Å².